The molecule has 18 heavy (non-hydrogen) atoms. The Bertz CT molecular complexity index is 439. The van der Waals surface area contributed by atoms with Crippen molar-refractivity contribution >= 4 is 21.8 Å². The first-order chi connectivity index (χ1) is 8.63. The Morgan fingerprint density at radius 1 is 1.44 bits per heavy atom. The highest BCUT2D eigenvalue weighted by Gasteiger charge is 2.24. The lowest BCUT2D eigenvalue weighted by Gasteiger charge is -2.31. The van der Waals surface area contributed by atoms with Gasteiger partial charge in [0.2, 0.25) is 0 Å². The molecule has 1 heterocycles. The molecule has 1 aliphatic rings. The van der Waals surface area contributed by atoms with Gasteiger partial charge in [-0.3, -0.25) is 4.79 Å². The molecule has 0 aromatic heterocycles. The molecule has 0 atom stereocenters. The quantitative estimate of drug-likeness (QED) is 0.912. The molecule has 98 valence electrons. The predicted octanol–water partition coefficient (Wildman–Crippen LogP) is 2.60. The number of nitrogens with zero attached hydrogens (tertiary/aromatic N) is 1. The van der Waals surface area contributed by atoms with Gasteiger partial charge in [-0.2, -0.15) is 0 Å². The molecule has 1 fully saturated rings. The summed E-state index contributed by atoms with van der Waals surface area (Å²) < 4.78 is 0.888. The first-order valence-electron chi connectivity index (χ1n) is 6.28. The van der Waals surface area contributed by atoms with Crippen LogP contribution in [0.15, 0.2) is 22.7 Å². The van der Waals surface area contributed by atoms with Crippen LogP contribution in [0.3, 0.4) is 0 Å². The molecule has 1 N–H and O–H groups in total. The van der Waals surface area contributed by atoms with Gasteiger partial charge in [-0.05, 0) is 53.2 Å². The number of aryl methyl sites for hydroxylation is 1. The van der Waals surface area contributed by atoms with E-state index in [4.69, 9.17) is 5.11 Å². The molecule has 2 rings (SSSR count). The number of halogens is 1. The van der Waals surface area contributed by atoms with Crippen molar-refractivity contribution in [3.8, 4) is 0 Å². The Kier molecular flexibility index (Phi) is 4.40. The summed E-state index contributed by atoms with van der Waals surface area (Å²) in [7, 11) is 0. The zero-order valence-electron chi connectivity index (χ0n) is 10.5. The van der Waals surface area contributed by atoms with Crippen LogP contribution in [0.5, 0.6) is 0 Å². The van der Waals surface area contributed by atoms with Crippen LogP contribution < -0.4 is 0 Å². The van der Waals surface area contributed by atoms with E-state index in [0.29, 0.717) is 5.92 Å². The second kappa shape index (κ2) is 5.85. The first kappa shape index (κ1) is 13.6. The van der Waals surface area contributed by atoms with Crippen molar-refractivity contribution < 1.29 is 9.90 Å². The molecule has 1 aliphatic heterocycles. The normalized spacial score (nSPS) is 16.9. The molecule has 1 amide bonds. The lowest BCUT2D eigenvalue weighted by atomic mass is 9.97. The van der Waals surface area contributed by atoms with Crippen LogP contribution in [0.1, 0.15) is 28.8 Å². The lowest BCUT2D eigenvalue weighted by Crippen LogP contribution is -2.39. The third-order valence-electron chi connectivity index (χ3n) is 3.58. The van der Waals surface area contributed by atoms with Gasteiger partial charge in [-0.1, -0.05) is 12.1 Å². The topological polar surface area (TPSA) is 40.5 Å². The maximum absolute atomic E-state index is 12.4. The van der Waals surface area contributed by atoms with Gasteiger partial charge in [-0.25, -0.2) is 0 Å². The maximum atomic E-state index is 12.4. The summed E-state index contributed by atoms with van der Waals surface area (Å²) in [6.45, 7) is 3.70. The number of aliphatic hydroxyl groups excluding tert-OH is 1. The molecule has 0 unspecified atom stereocenters. The smallest absolute Gasteiger partial charge is 0.255 e. The Balaban J connectivity index is 2.10. The number of benzene rings is 1. The third-order valence-corrected chi connectivity index (χ3v) is 4.63. The van der Waals surface area contributed by atoms with Crippen LogP contribution in [0.4, 0.5) is 0 Å². The Morgan fingerprint density at radius 3 is 2.72 bits per heavy atom. The monoisotopic (exact) mass is 311 g/mol. The summed E-state index contributed by atoms with van der Waals surface area (Å²) in [5.41, 5.74) is 1.81. The van der Waals surface area contributed by atoms with Gasteiger partial charge >= 0.3 is 0 Å². The predicted molar refractivity (Wildman–Crippen MR) is 74.6 cm³/mol. The van der Waals surface area contributed by atoms with Gasteiger partial charge in [0.25, 0.3) is 5.91 Å². The molecule has 4 heteroatoms. The van der Waals surface area contributed by atoms with E-state index in [0.717, 1.165) is 41.5 Å². The van der Waals surface area contributed by atoms with Crippen LogP contribution in [-0.2, 0) is 0 Å². The number of hydrogen-bond donors (Lipinski definition) is 1. The molecule has 0 saturated carbocycles. The number of carbonyl (C=O) groups is 1. The first-order valence-corrected chi connectivity index (χ1v) is 7.08. The molecular formula is C14H18BrNO2. The van der Waals surface area contributed by atoms with Crippen molar-refractivity contribution in [2.45, 2.75) is 19.8 Å². The minimum absolute atomic E-state index is 0.0852. The van der Waals surface area contributed by atoms with Crippen molar-refractivity contribution in [3.63, 3.8) is 0 Å². The Labute approximate surface area is 116 Å². The van der Waals surface area contributed by atoms with Crippen LogP contribution in [0.25, 0.3) is 0 Å². The highest BCUT2D eigenvalue weighted by atomic mass is 79.9. The van der Waals surface area contributed by atoms with Gasteiger partial charge in [0.05, 0.1) is 5.56 Å². The largest absolute Gasteiger partial charge is 0.396 e. The summed E-state index contributed by atoms with van der Waals surface area (Å²) in [4.78, 5) is 14.3. The molecule has 0 bridgehead atoms. The van der Waals surface area contributed by atoms with Crippen LogP contribution in [-0.4, -0.2) is 35.6 Å². The van der Waals surface area contributed by atoms with Crippen LogP contribution >= 0.6 is 15.9 Å². The number of rotatable bonds is 2. The fourth-order valence-electron chi connectivity index (χ4n) is 2.30. The number of hydrogen-bond acceptors (Lipinski definition) is 2. The van der Waals surface area contributed by atoms with Gasteiger partial charge < -0.3 is 10.0 Å². The van der Waals surface area contributed by atoms with E-state index in [1.807, 2.05) is 30.0 Å². The SMILES string of the molecule is Cc1cccc(C(=O)N2CCC(CO)CC2)c1Br. The van der Waals surface area contributed by atoms with Crippen molar-refractivity contribution in [2.24, 2.45) is 5.92 Å². The van der Waals surface area contributed by atoms with Crippen molar-refractivity contribution in [3.05, 3.63) is 33.8 Å². The average molecular weight is 312 g/mol. The number of likely N-dealkylation sites (tertiary alicyclic amines) is 1. The molecule has 0 spiro atoms. The van der Waals surface area contributed by atoms with Gasteiger partial charge in [0.15, 0.2) is 0 Å². The fraction of sp³-hybridized carbons (Fsp3) is 0.500. The number of amides is 1. The highest BCUT2D eigenvalue weighted by Crippen LogP contribution is 2.24. The Morgan fingerprint density at radius 2 is 2.11 bits per heavy atom. The average Bonchev–Trinajstić information content (AvgIpc) is 2.41. The zero-order chi connectivity index (χ0) is 13.1. The van der Waals surface area contributed by atoms with E-state index in [1.54, 1.807) is 0 Å². The van der Waals surface area contributed by atoms with Crippen molar-refractivity contribution in [1.82, 2.24) is 4.90 Å². The van der Waals surface area contributed by atoms with Crippen molar-refractivity contribution in [2.75, 3.05) is 19.7 Å². The van der Waals surface area contributed by atoms with Crippen LogP contribution in [0, 0.1) is 12.8 Å². The minimum Gasteiger partial charge on any atom is -0.396 e. The third kappa shape index (κ3) is 2.75. The van der Waals surface area contributed by atoms with Gasteiger partial charge in [0.1, 0.15) is 0 Å². The van der Waals surface area contributed by atoms with E-state index >= 15 is 0 Å². The molecule has 1 aromatic carbocycles. The fourth-order valence-corrected chi connectivity index (χ4v) is 2.74. The van der Waals surface area contributed by atoms with E-state index in [1.165, 1.54) is 0 Å². The number of piperidine rings is 1. The van der Waals surface area contributed by atoms with E-state index in [-0.39, 0.29) is 12.5 Å². The summed E-state index contributed by atoms with van der Waals surface area (Å²) in [6.07, 6.45) is 1.79. The second-order valence-electron chi connectivity index (χ2n) is 4.85. The lowest BCUT2D eigenvalue weighted by molar-refractivity contribution is 0.0650. The zero-order valence-corrected chi connectivity index (χ0v) is 12.1. The van der Waals surface area contributed by atoms with Crippen LogP contribution in [0.2, 0.25) is 0 Å². The second-order valence-corrected chi connectivity index (χ2v) is 5.65. The van der Waals surface area contributed by atoms with E-state index in [2.05, 4.69) is 15.9 Å². The van der Waals surface area contributed by atoms with Gasteiger partial charge in [-0.15, -0.1) is 0 Å². The van der Waals surface area contributed by atoms with E-state index < -0.39 is 0 Å². The summed E-state index contributed by atoms with van der Waals surface area (Å²) in [5, 5.41) is 9.10. The highest BCUT2D eigenvalue weighted by molar-refractivity contribution is 9.10. The van der Waals surface area contributed by atoms with Crippen molar-refractivity contribution in [1.29, 1.82) is 0 Å². The van der Waals surface area contributed by atoms with Gasteiger partial charge in [0, 0.05) is 24.2 Å². The molecule has 3 nitrogen and oxygen atoms in total. The number of carbonyl (C=O) groups excluding carboxylic acids is 1. The summed E-state index contributed by atoms with van der Waals surface area (Å²) in [6, 6.07) is 5.75. The number of aliphatic hydroxyl groups is 1. The Hall–Kier alpha value is -0.870. The summed E-state index contributed by atoms with van der Waals surface area (Å²) >= 11 is 3.49. The van der Waals surface area contributed by atoms with E-state index in [9.17, 15) is 4.79 Å². The summed E-state index contributed by atoms with van der Waals surface area (Å²) in [5.74, 6) is 0.442. The maximum Gasteiger partial charge on any atom is 0.255 e. The molecule has 1 aromatic rings. The standard InChI is InChI=1S/C14H18BrNO2/c1-10-3-2-4-12(13(10)15)14(18)16-7-5-11(9-17)6-8-16/h2-4,11,17H,5-9H2,1H3. The minimum atomic E-state index is 0.0852. The molecular weight excluding hydrogens is 294 g/mol. The molecule has 1 saturated heterocycles. The molecule has 0 aliphatic carbocycles. The molecule has 0 radical (unpaired) electrons.